The SMILES string of the molecule is C=C/C=C\C(=N)CC.CC. The Hall–Kier alpha value is -0.850. The molecule has 0 atom stereocenters. The molecule has 0 radical (unpaired) electrons. The molecule has 58 valence electrons. The van der Waals surface area contributed by atoms with Gasteiger partial charge in [-0.15, -0.1) is 0 Å². The van der Waals surface area contributed by atoms with Crippen molar-refractivity contribution >= 4 is 5.71 Å². The minimum Gasteiger partial charge on any atom is -0.305 e. The van der Waals surface area contributed by atoms with Crippen molar-refractivity contribution in [1.29, 1.82) is 5.41 Å². The van der Waals surface area contributed by atoms with Gasteiger partial charge < -0.3 is 5.41 Å². The van der Waals surface area contributed by atoms with Crippen LogP contribution in [0.2, 0.25) is 0 Å². The van der Waals surface area contributed by atoms with Crippen LogP contribution in [0.3, 0.4) is 0 Å². The first-order chi connectivity index (χ1) is 4.81. The van der Waals surface area contributed by atoms with Gasteiger partial charge in [0.05, 0.1) is 0 Å². The average molecular weight is 139 g/mol. The first kappa shape index (κ1) is 11.9. The Kier molecular flexibility index (Phi) is 13.1. The van der Waals surface area contributed by atoms with Gasteiger partial charge in [-0.25, -0.2) is 0 Å². The van der Waals surface area contributed by atoms with E-state index in [1.165, 1.54) is 0 Å². The van der Waals surface area contributed by atoms with Crippen molar-refractivity contribution in [3.05, 3.63) is 24.8 Å². The first-order valence-corrected chi connectivity index (χ1v) is 3.67. The Morgan fingerprint density at radius 2 is 2.00 bits per heavy atom. The van der Waals surface area contributed by atoms with Crippen molar-refractivity contribution in [2.75, 3.05) is 0 Å². The van der Waals surface area contributed by atoms with Crippen molar-refractivity contribution < 1.29 is 0 Å². The summed E-state index contributed by atoms with van der Waals surface area (Å²) in [7, 11) is 0. The van der Waals surface area contributed by atoms with Gasteiger partial charge in [-0.2, -0.15) is 0 Å². The van der Waals surface area contributed by atoms with E-state index < -0.39 is 0 Å². The third-order valence-electron chi connectivity index (χ3n) is 0.814. The molecule has 0 aliphatic heterocycles. The van der Waals surface area contributed by atoms with Crippen molar-refractivity contribution in [3.63, 3.8) is 0 Å². The molecule has 0 heterocycles. The fourth-order valence-electron chi connectivity index (χ4n) is 0.302. The standard InChI is InChI=1S/C7H11N.C2H6/c1-3-5-6-7(8)4-2;1-2/h3,5-6,8H,1,4H2,2H3;1-2H3/b6-5-,8-7?;. The quantitative estimate of drug-likeness (QED) is 0.458. The van der Waals surface area contributed by atoms with Crippen LogP contribution < -0.4 is 0 Å². The Bertz CT molecular complexity index is 112. The highest BCUT2D eigenvalue weighted by Crippen LogP contribution is 1.82. The van der Waals surface area contributed by atoms with Crippen LogP contribution in [0, 0.1) is 5.41 Å². The summed E-state index contributed by atoms with van der Waals surface area (Å²) in [5, 5.41) is 7.11. The van der Waals surface area contributed by atoms with E-state index in [-0.39, 0.29) is 0 Å². The summed E-state index contributed by atoms with van der Waals surface area (Å²) < 4.78 is 0. The van der Waals surface area contributed by atoms with E-state index in [0.717, 1.165) is 6.42 Å². The molecule has 1 nitrogen and oxygen atoms in total. The molecule has 0 aromatic heterocycles. The van der Waals surface area contributed by atoms with E-state index in [9.17, 15) is 0 Å². The number of nitrogens with one attached hydrogen (secondary N) is 1. The van der Waals surface area contributed by atoms with Crippen molar-refractivity contribution in [2.45, 2.75) is 27.2 Å². The summed E-state index contributed by atoms with van der Waals surface area (Å²) in [5.41, 5.74) is 0.643. The predicted molar refractivity (Wildman–Crippen MR) is 48.7 cm³/mol. The fraction of sp³-hybridized carbons (Fsp3) is 0.444. The topological polar surface area (TPSA) is 23.9 Å². The van der Waals surface area contributed by atoms with E-state index in [2.05, 4.69) is 6.58 Å². The van der Waals surface area contributed by atoms with Gasteiger partial charge >= 0.3 is 0 Å². The maximum absolute atomic E-state index is 7.11. The Morgan fingerprint density at radius 3 is 2.30 bits per heavy atom. The zero-order valence-electron chi connectivity index (χ0n) is 7.15. The maximum atomic E-state index is 7.11. The molecule has 10 heavy (non-hydrogen) atoms. The second-order valence-electron chi connectivity index (χ2n) is 1.47. The van der Waals surface area contributed by atoms with Crippen LogP contribution in [-0.2, 0) is 0 Å². The van der Waals surface area contributed by atoms with E-state index >= 15 is 0 Å². The second kappa shape index (κ2) is 11.0. The number of hydrogen-bond acceptors (Lipinski definition) is 1. The van der Waals surface area contributed by atoms with E-state index in [0.29, 0.717) is 5.71 Å². The molecule has 0 rings (SSSR count). The second-order valence-corrected chi connectivity index (χ2v) is 1.47. The van der Waals surface area contributed by atoms with Crippen LogP contribution in [0.4, 0.5) is 0 Å². The smallest absolute Gasteiger partial charge is 0.0311 e. The van der Waals surface area contributed by atoms with E-state index in [1.807, 2.05) is 20.8 Å². The normalized spacial score (nSPS) is 8.30. The molecular formula is C9H17N. The van der Waals surface area contributed by atoms with Crippen LogP contribution >= 0.6 is 0 Å². The Balaban J connectivity index is 0. The van der Waals surface area contributed by atoms with Gasteiger partial charge in [-0.3, -0.25) is 0 Å². The first-order valence-electron chi connectivity index (χ1n) is 3.67. The lowest BCUT2D eigenvalue weighted by Gasteiger charge is -1.84. The monoisotopic (exact) mass is 139 g/mol. The summed E-state index contributed by atoms with van der Waals surface area (Å²) in [4.78, 5) is 0. The van der Waals surface area contributed by atoms with E-state index in [4.69, 9.17) is 5.41 Å². The van der Waals surface area contributed by atoms with Gasteiger partial charge in [0, 0.05) is 5.71 Å². The molecule has 0 saturated carbocycles. The summed E-state index contributed by atoms with van der Waals surface area (Å²) in [6, 6.07) is 0. The van der Waals surface area contributed by atoms with Gasteiger partial charge in [0.1, 0.15) is 0 Å². The van der Waals surface area contributed by atoms with Gasteiger partial charge in [0.25, 0.3) is 0 Å². The van der Waals surface area contributed by atoms with Crippen molar-refractivity contribution in [2.24, 2.45) is 0 Å². The molecule has 0 fully saturated rings. The highest BCUT2D eigenvalue weighted by Gasteiger charge is 1.78. The van der Waals surface area contributed by atoms with Gasteiger partial charge in [-0.05, 0) is 12.5 Å². The molecule has 0 spiro atoms. The Labute approximate surface area is 64.0 Å². The molecule has 1 heteroatoms. The molecule has 0 unspecified atom stereocenters. The third kappa shape index (κ3) is 10.2. The summed E-state index contributed by atoms with van der Waals surface area (Å²) in [6.07, 6.45) is 5.98. The molecule has 0 aromatic rings. The minimum atomic E-state index is 0.643. The highest BCUT2D eigenvalue weighted by atomic mass is 14.4. The lowest BCUT2D eigenvalue weighted by Crippen LogP contribution is -1.83. The molecule has 0 bridgehead atoms. The van der Waals surface area contributed by atoms with Gasteiger partial charge in [0.15, 0.2) is 0 Å². The third-order valence-corrected chi connectivity index (χ3v) is 0.814. The number of rotatable bonds is 3. The molecule has 0 aliphatic rings. The molecular weight excluding hydrogens is 122 g/mol. The number of allylic oxidation sites excluding steroid dienone is 3. The molecule has 0 aromatic carbocycles. The van der Waals surface area contributed by atoms with Crippen molar-refractivity contribution in [1.82, 2.24) is 0 Å². The maximum Gasteiger partial charge on any atom is 0.0311 e. The molecule has 0 aliphatic carbocycles. The van der Waals surface area contributed by atoms with Gasteiger partial charge in [0.2, 0.25) is 0 Å². The van der Waals surface area contributed by atoms with Crippen LogP contribution in [-0.4, -0.2) is 5.71 Å². The lowest BCUT2D eigenvalue weighted by atomic mass is 10.3. The molecule has 1 N–H and O–H groups in total. The van der Waals surface area contributed by atoms with Gasteiger partial charge in [-0.1, -0.05) is 39.5 Å². The fourth-order valence-corrected chi connectivity index (χ4v) is 0.302. The minimum absolute atomic E-state index is 0.643. The predicted octanol–water partition coefficient (Wildman–Crippen LogP) is 3.18. The largest absolute Gasteiger partial charge is 0.305 e. The average Bonchev–Trinajstić information content (AvgIpc) is 2.04. The summed E-state index contributed by atoms with van der Waals surface area (Å²) in [5.74, 6) is 0. The van der Waals surface area contributed by atoms with Crippen LogP contribution in [0.15, 0.2) is 24.8 Å². The van der Waals surface area contributed by atoms with E-state index in [1.54, 1.807) is 18.2 Å². The van der Waals surface area contributed by atoms with Crippen LogP contribution in [0.1, 0.15) is 27.2 Å². The number of hydrogen-bond donors (Lipinski definition) is 1. The summed E-state index contributed by atoms with van der Waals surface area (Å²) in [6.45, 7) is 9.44. The lowest BCUT2D eigenvalue weighted by molar-refractivity contribution is 1.26. The molecule has 0 saturated heterocycles. The van der Waals surface area contributed by atoms with Crippen LogP contribution in [0.5, 0.6) is 0 Å². The van der Waals surface area contributed by atoms with Crippen molar-refractivity contribution in [3.8, 4) is 0 Å². The van der Waals surface area contributed by atoms with Crippen LogP contribution in [0.25, 0.3) is 0 Å². The Morgan fingerprint density at radius 1 is 1.50 bits per heavy atom. The zero-order chi connectivity index (χ0) is 8.41. The molecule has 0 amide bonds. The highest BCUT2D eigenvalue weighted by molar-refractivity contribution is 5.92. The zero-order valence-corrected chi connectivity index (χ0v) is 7.15. The summed E-state index contributed by atoms with van der Waals surface area (Å²) >= 11 is 0.